The van der Waals surface area contributed by atoms with E-state index in [-0.39, 0.29) is 62.7 Å². The van der Waals surface area contributed by atoms with E-state index >= 15 is 0 Å². The highest BCUT2D eigenvalue weighted by Crippen LogP contribution is 2.33. The Labute approximate surface area is 193 Å². The van der Waals surface area contributed by atoms with E-state index in [1.807, 2.05) is 0 Å². The second kappa shape index (κ2) is 11.3. The molecule has 13 nitrogen and oxygen atoms in total. The maximum atomic E-state index is 13.0. The molecule has 0 aliphatic carbocycles. The first kappa shape index (κ1) is 24.8. The number of amides is 6. The maximum Gasteiger partial charge on any atom is 0.266 e. The van der Waals surface area contributed by atoms with E-state index in [4.69, 9.17) is 19.9 Å². The molecule has 1 atom stereocenters. The molecular weight excluding hydrogens is 452 g/mol. The molecule has 34 heavy (non-hydrogen) atoms. The molecule has 0 aromatic heterocycles. The van der Waals surface area contributed by atoms with Crippen molar-refractivity contribution >= 4 is 35.4 Å². The Morgan fingerprint density at radius 1 is 1.06 bits per heavy atom. The van der Waals surface area contributed by atoms with Crippen LogP contribution in [0.2, 0.25) is 0 Å². The molecule has 0 radical (unpaired) electrons. The van der Waals surface area contributed by atoms with Gasteiger partial charge in [0.1, 0.15) is 18.4 Å². The molecule has 1 saturated heterocycles. The van der Waals surface area contributed by atoms with Gasteiger partial charge >= 0.3 is 0 Å². The van der Waals surface area contributed by atoms with Gasteiger partial charge in [-0.2, -0.15) is 0 Å². The molecule has 182 valence electrons. The molecule has 13 heteroatoms. The van der Waals surface area contributed by atoms with Crippen molar-refractivity contribution in [1.29, 1.82) is 0 Å². The molecular formula is C21H24N4O9. The summed E-state index contributed by atoms with van der Waals surface area (Å²) in [6.07, 6.45) is 0.0471. The predicted octanol–water partition coefficient (Wildman–Crippen LogP) is -1.90. The highest BCUT2D eigenvalue weighted by atomic mass is 16.5. The average Bonchev–Trinajstić information content (AvgIpc) is 3.05. The quantitative estimate of drug-likeness (QED) is 0.229. The van der Waals surface area contributed by atoms with Crippen molar-refractivity contribution in [3.63, 3.8) is 0 Å². The molecule has 1 fully saturated rings. The third-order valence-electron chi connectivity index (χ3n) is 4.97. The topological polar surface area (TPSA) is 183 Å². The van der Waals surface area contributed by atoms with E-state index < -0.39 is 48.1 Å². The second-order valence-electron chi connectivity index (χ2n) is 7.40. The number of nitrogens with zero attached hydrogens (tertiary/aromatic N) is 1. The van der Waals surface area contributed by atoms with Gasteiger partial charge in [-0.3, -0.25) is 39.0 Å². The van der Waals surface area contributed by atoms with Gasteiger partial charge in [-0.1, -0.05) is 6.07 Å². The zero-order chi connectivity index (χ0) is 24.7. The SMILES string of the molecule is NC(=O)COCCOCCNC(=O)COc1cccc2c1C(=O)N(C1CCC(=O)NC1=O)C2=O. The van der Waals surface area contributed by atoms with Gasteiger partial charge in [0.25, 0.3) is 17.7 Å². The summed E-state index contributed by atoms with van der Waals surface area (Å²) < 4.78 is 15.6. The van der Waals surface area contributed by atoms with Crippen LogP contribution in [-0.4, -0.2) is 86.0 Å². The van der Waals surface area contributed by atoms with Gasteiger partial charge < -0.3 is 25.3 Å². The fourth-order valence-electron chi connectivity index (χ4n) is 3.45. The summed E-state index contributed by atoms with van der Waals surface area (Å²) in [5.41, 5.74) is 4.94. The highest BCUT2D eigenvalue weighted by Gasteiger charge is 2.46. The molecule has 4 N–H and O–H groups in total. The minimum absolute atomic E-state index is 0.0114. The molecule has 2 aliphatic rings. The lowest BCUT2D eigenvalue weighted by molar-refractivity contribution is -0.136. The van der Waals surface area contributed by atoms with Crippen LogP contribution in [0.25, 0.3) is 0 Å². The Morgan fingerprint density at radius 2 is 1.82 bits per heavy atom. The third-order valence-corrected chi connectivity index (χ3v) is 4.97. The van der Waals surface area contributed by atoms with Gasteiger partial charge in [-0.05, 0) is 18.6 Å². The summed E-state index contributed by atoms with van der Waals surface area (Å²) >= 11 is 0. The minimum atomic E-state index is -1.09. The van der Waals surface area contributed by atoms with Crippen LogP contribution in [-0.2, 0) is 28.7 Å². The lowest BCUT2D eigenvalue weighted by atomic mass is 10.0. The predicted molar refractivity (Wildman–Crippen MR) is 112 cm³/mol. The molecule has 1 aromatic rings. The monoisotopic (exact) mass is 476 g/mol. The number of imide groups is 2. The molecule has 3 rings (SSSR count). The lowest BCUT2D eigenvalue weighted by Crippen LogP contribution is -2.54. The summed E-state index contributed by atoms with van der Waals surface area (Å²) in [6, 6.07) is 3.28. The summed E-state index contributed by atoms with van der Waals surface area (Å²) in [5, 5.41) is 4.70. The number of hydrogen-bond donors (Lipinski definition) is 3. The van der Waals surface area contributed by atoms with Crippen molar-refractivity contribution in [2.75, 3.05) is 39.6 Å². The summed E-state index contributed by atoms with van der Waals surface area (Å²) in [7, 11) is 0. The van der Waals surface area contributed by atoms with E-state index in [1.165, 1.54) is 18.2 Å². The van der Waals surface area contributed by atoms with Gasteiger partial charge in [0, 0.05) is 13.0 Å². The molecule has 0 spiro atoms. The number of nitrogens with two attached hydrogens (primary N) is 1. The van der Waals surface area contributed by atoms with Crippen LogP contribution in [0.4, 0.5) is 0 Å². The number of primary amides is 1. The smallest absolute Gasteiger partial charge is 0.266 e. The van der Waals surface area contributed by atoms with Gasteiger partial charge in [-0.25, -0.2) is 0 Å². The fraction of sp³-hybridized carbons (Fsp3) is 0.429. The van der Waals surface area contributed by atoms with Crippen LogP contribution in [0.5, 0.6) is 5.75 Å². The van der Waals surface area contributed by atoms with Crippen molar-refractivity contribution in [3.8, 4) is 5.75 Å². The first-order valence-electron chi connectivity index (χ1n) is 10.5. The Morgan fingerprint density at radius 3 is 2.56 bits per heavy atom. The van der Waals surface area contributed by atoms with E-state index in [9.17, 15) is 28.8 Å². The van der Waals surface area contributed by atoms with Crippen LogP contribution in [0, 0.1) is 0 Å². The largest absolute Gasteiger partial charge is 0.483 e. The Hall–Kier alpha value is -3.84. The zero-order valence-corrected chi connectivity index (χ0v) is 18.2. The van der Waals surface area contributed by atoms with Crippen molar-refractivity contribution < 1.29 is 43.0 Å². The van der Waals surface area contributed by atoms with Crippen molar-refractivity contribution in [3.05, 3.63) is 29.3 Å². The molecule has 6 amide bonds. The Balaban J connectivity index is 1.49. The third kappa shape index (κ3) is 5.94. The van der Waals surface area contributed by atoms with Crippen molar-refractivity contribution in [1.82, 2.24) is 15.5 Å². The number of nitrogens with one attached hydrogen (secondary N) is 2. The van der Waals surface area contributed by atoms with Gasteiger partial charge in [0.2, 0.25) is 17.7 Å². The Kier molecular flexibility index (Phi) is 8.27. The van der Waals surface area contributed by atoms with Crippen LogP contribution < -0.4 is 21.1 Å². The molecule has 0 bridgehead atoms. The number of hydrogen-bond acceptors (Lipinski definition) is 9. The second-order valence-corrected chi connectivity index (χ2v) is 7.40. The van der Waals surface area contributed by atoms with E-state index in [0.29, 0.717) is 0 Å². The minimum Gasteiger partial charge on any atom is -0.483 e. The van der Waals surface area contributed by atoms with Crippen LogP contribution in [0.3, 0.4) is 0 Å². The van der Waals surface area contributed by atoms with E-state index in [0.717, 1.165) is 4.90 Å². The van der Waals surface area contributed by atoms with Gasteiger partial charge in [0.05, 0.1) is 30.9 Å². The molecule has 0 saturated carbocycles. The Bertz CT molecular complexity index is 1010. The molecule has 2 aliphatic heterocycles. The van der Waals surface area contributed by atoms with Gasteiger partial charge in [0.15, 0.2) is 6.61 Å². The first-order chi connectivity index (χ1) is 16.3. The summed E-state index contributed by atoms with van der Waals surface area (Å²) in [4.78, 5) is 72.7. The number of piperidine rings is 1. The van der Waals surface area contributed by atoms with E-state index in [2.05, 4.69) is 10.6 Å². The van der Waals surface area contributed by atoms with Crippen LogP contribution in [0.15, 0.2) is 18.2 Å². The number of carbonyl (C=O) groups is 6. The average molecular weight is 476 g/mol. The number of ether oxygens (including phenoxy) is 3. The summed E-state index contributed by atoms with van der Waals surface area (Å²) in [6.45, 7) is 0.168. The number of carbonyl (C=O) groups excluding carboxylic acids is 6. The van der Waals surface area contributed by atoms with Crippen LogP contribution >= 0.6 is 0 Å². The van der Waals surface area contributed by atoms with Gasteiger partial charge in [-0.15, -0.1) is 0 Å². The van der Waals surface area contributed by atoms with Crippen LogP contribution in [0.1, 0.15) is 33.6 Å². The first-order valence-corrected chi connectivity index (χ1v) is 10.5. The molecule has 1 aromatic carbocycles. The normalized spacial score (nSPS) is 17.4. The molecule has 1 unspecified atom stereocenters. The highest BCUT2D eigenvalue weighted by molar-refractivity contribution is 6.24. The summed E-state index contributed by atoms with van der Waals surface area (Å²) in [5.74, 6) is -3.59. The number of fused-ring (bicyclic) bond motifs is 1. The number of benzene rings is 1. The molecule has 2 heterocycles. The zero-order valence-electron chi connectivity index (χ0n) is 18.2. The number of rotatable bonds is 12. The fourth-order valence-corrected chi connectivity index (χ4v) is 3.45. The lowest BCUT2D eigenvalue weighted by Gasteiger charge is -2.27. The standard InChI is InChI=1S/C21H24N4O9/c22-15(26)10-33-9-8-32-7-6-23-17(28)11-34-14-3-1-2-12-18(14)21(31)25(20(12)30)13-4-5-16(27)24-19(13)29/h1-3,13H,4-11H2,(H2,22,26)(H,23,28)(H,24,27,29). The van der Waals surface area contributed by atoms with E-state index in [1.54, 1.807) is 0 Å². The van der Waals surface area contributed by atoms with Crippen molar-refractivity contribution in [2.24, 2.45) is 5.73 Å². The maximum absolute atomic E-state index is 13.0. The van der Waals surface area contributed by atoms with Crippen molar-refractivity contribution in [2.45, 2.75) is 18.9 Å².